The minimum Gasteiger partial charge on any atom is -0.507 e. The van der Waals surface area contributed by atoms with Crippen molar-refractivity contribution in [2.24, 2.45) is 0 Å². The van der Waals surface area contributed by atoms with Crippen LogP contribution in [-0.4, -0.2) is 47.0 Å². The molecule has 0 aromatic heterocycles. The molecular weight excluding hydrogens is 376 g/mol. The summed E-state index contributed by atoms with van der Waals surface area (Å²) in [5, 5.41) is 24.7. The van der Waals surface area contributed by atoms with E-state index in [1.165, 1.54) is 6.07 Å². The van der Waals surface area contributed by atoms with Crippen molar-refractivity contribution in [1.29, 1.82) is 0 Å². The molecule has 1 aliphatic rings. The number of carbonyl (C=O) groups excluding carboxylic acids is 2. The quantitative estimate of drug-likeness (QED) is 0.499. The lowest BCUT2D eigenvalue weighted by Crippen LogP contribution is -2.52. The highest BCUT2D eigenvalue weighted by molar-refractivity contribution is 5.96. The Morgan fingerprint density at radius 2 is 2.00 bits per heavy atom. The summed E-state index contributed by atoms with van der Waals surface area (Å²) >= 11 is 0. The number of carbonyl (C=O) groups is 3. The van der Waals surface area contributed by atoms with Crippen molar-refractivity contribution in [3.05, 3.63) is 59.2 Å². The van der Waals surface area contributed by atoms with Crippen molar-refractivity contribution >= 4 is 18.2 Å². The maximum absolute atomic E-state index is 12.4. The van der Waals surface area contributed by atoms with Gasteiger partial charge in [0.05, 0.1) is 5.56 Å². The standard InChI is InChI=1S/C21H22N2O6/c24-11-15-17(25)4-1-5-18(15)29-12-13-6-8-14(9-7-13)20(26)23-19(21(27)28)16-3-2-10-22-16/h1,4-9,11,16,19,22,25H,2-3,10,12H2,(H,23,26)(H,27,28)/t16-,19?/m1/s1. The minimum atomic E-state index is -1.07. The van der Waals surface area contributed by atoms with Crippen LogP contribution in [0.1, 0.15) is 39.1 Å². The van der Waals surface area contributed by atoms with Gasteiger partial charge < -0.3 is 25.6 Å². The van der Waals surface area contributed by atoms with E-state index in [0.717, 1.165) is 18.5 Å². The molecule has 0 saturated carbocycles. The highest BCUT2D eigenvalue weighted by atomic mass is 16.5. The number of carboxylic acids is 1. The summed E-state index contributed by atoms with van der Waals surface area (Å²) in [4.78, 5) is 35.0. The maximum Gasteiger partial charge on any atom is 0.327 e. The Labute approximate surface area is 167 Å². The Morgan fingerprint density at radius 1 is 1.24 bits per heavy atom. The Balaban J connectivity index is 1.62. The van der Waals surface area contributed by atoms with E-state index in [1.807, 2.05) is 0 Å². The second-order valence-corrected chi connectivity index (χ2v) is 6.78. The third kappa shape index (κ3) is 4.91. The molecule has 1 amide bonds. The number of phenols is 1. The number of amides is 1. The minimum absolute atomic E-state index is 0.0729. The molecule has 4 N–H and O–H groups in total. The Hall–Kier alpha value is -3.39. The van der Waals surface area contributed by atoms with Crippen molar-refractivity contribution < 1.29 is 29.3 Å². The largest absolute Gasteiger partial charge is 0.507 e. The van der Waals surface area contributed by atoms with Gasteiger partial charge >= 0.3 is 5.97 Å². The zero-order valence-electron chi connectivity index (χ0n) is 15.6. The van der Waals surface area contributed by atoms with Gasteiger partial charge in [0.15, 0.2) is 6.29 Å². The van der Waals surface area contributed by atoms with Gasteiger partial charge in [-0.25, -0.2) is 4.79 Å². The van der Waals surface area contributed by atoms with Gasteiger partial charge in [0.25, 0.3) is 5.91 Å². The van der Waals surface area contributed by atoms with Crippen molar-refractivity contribution in [2.75, 3.05) is 6.54 Å². The highest BCUT2D eigenvalue weighted by Crippen LogP contribution is 2.26. The van der Waals surface area contributed by atoms with E-state index in [1.54, 1.807) is 36.4 Å². The van der Waals surface area contributed by atoms with Crippen LogP contribution >= 0.6 is 0 Å². The number of nitrogens with one attached hydrogen (secondary N) is 2. The molecule has 1 unspecified atom stereocenters. The molecule has 8 heteroatoms. The van der Waals surface area contributed by atoms with Crippen LogP contribution in [0, 0.1) is 0 Å². The van der Waals surface area contributed by atoms with Gasteiger partial charge in [-0.1, -0.05) is 18.2 Å². The molecule has 1 aliphatic heterocycles. The lowest BCUT2D eigenvalue weighted by atomic mass is 10.1. The van der Waals surface area contributed by atoms with Gasteiger partial charge in [0, 0.05) is 11.6 Å². The molecule has 1 heterocycles. The first-order chi connectivity index (χ1) is 14.0. The SMILES string of the molecule is O=Cc1c(O)cccc1OCc1ccc(C(=O)NC(C(=O)O)[C@H]2CCCN2)cc1. The predicted octanol–water partition coefficient (Wildman–Crippen LogP) is 1.72. The molecule has 2 aromatic rings. The number of ether oxygens (including phenoxy) is 1. The molecule has 8 nitrogen and oxygen atoms in total. The van der Waals surface area contributed by atoms with E-state index in [-0.39, 0.29) is 29.7 Å². The second-order valence-electron chi connectivity index (χ2n) is 6.78. The Bertz CT molecular complexity index is 891. The van der Waals surface area contributed by atoms with Crippen molar-refractivity contribution in [3.63, 3.8) is 0 Å². The average Bonchev–Trinajstić information content (AvgIpc) is 3.25. The average molecular weight is 398 g/mol. The van der Waals surface area contributed by atoms with E-state index in [9.17, 15) is 24.6 Å². The lowest BCUT2D eigenvalue weighted by Gasteiger charge is -2.21. The first kappa shape index (κ1) is 20.3. The Kier molecular flexibility index (Phi) is 6.46. The monoisotopic (exact) mass is 398 g/mol. The van der Waals surface area contributed by atoms with Crippen LogP contribution in [0.25, 0.3) is 0 Å². The number of aldehydes is 1. The van der Waals surface area contributed by atoms with Crippen LogP contribution in [0.2, 0.25) is 0 Å². The van der Waals surface area contributed by atoms with Gasteiger partial charge in [-0.15, -0.1) is 0 Å². The predicted molar refractivity (Wildman–Crippen MR) is 104 cm³/mol. The number of hydrogen-bond donors (Lipinski definition) is 4. The smallest absolute Gasteiger partial charge is 0.327 e. The van der Waals surface area contributed by atoms with E-state index < -0.39 is 17.9 Å². The normalized spacial score (nSPS) is 16.8. The number of hydrogen-bond acceptors (Lipinski definition) is 6. The zero-order chi connectivity index (χ0) is 20.8. The van der Waals surface area contributed by atoms with Crippen molar-refractivity contribution in [3.8, 4) is 11.5 Å². The zero-order valence-corrected chi connectivity index (χ0v) is 15.6. The van der Waals surface area contributed by atoms with Gasteiger partial charge in [-0.05, 0) is 49.2 Å². The van der Waals surface area contributed by atoms with Crippen LogP contribution in [0.5, 0.6) is 11.5 Å². The van der Waals surface area contributed by atoms with Crippen LogP contribution in [0.3, 0.4) is 0 Å². The van der Waals surface area contributed by atoms with Gasteiger partial charge in [-0.2, -0.15) is 0 Å². The molecule has 29 heavy (non-hydrogen) atoms. The van der Waals surface area contributed by atoms with E-state index >= 15 is 0 Å². The first-order valence-corrected chi connectivity index (χ1v) is 9.25. The Morgan fingerprint density at radius 3 is 2.62 bits per heavy atom. The fraction of sp³-hybridized carbons (Fsp3) is 0.286. The van der Waals surface area contributed by atoms with Crippen LogP contribution < -0.4 is 15.4 Å². The molecule has 0 spiro atoms. The second kappa shape index (κ2) is 9.20. The van der Waals surface area contributed by atoms with E-state index in [4.69, 9.17) is 4.74 Å². The molecular formula is C21H22N2O6. The molecule has 1 fully saturated rings. The summed E-state index contributed by atoms with van der Waals surface area (Å²) in [5.41, 5.74) is 1.15. The summed E-state index contributed by atoms with van der Waals surface area (Å²) in [7, 11) is 0. The highest BCUT2D eigenvalue weighted by Gasteiger charge is 2.31. The van der Waals surface area contributed by atoms with Crippen molar-refractivity contribution in [2.45, 2.75) is 31.5 Å². The number of aliphatic carboxylic acids is 1. The molecule has 3 rings (SSSR count). The van der Waals surface area contributed by atoms with Gasteiger partial charge in [0.1, 0.15) is 24.1 Å². The summed E-state index contributed by atoms with van der Waals surface area (Å²) in [6.45, 7) is 0.875. The fourth-order valence-electron chi connectivity index (χ4n) is 3.25. The summed E-state index contributed by atoms with van der Waals surface area (Å²) in [6.07, 6.45) is 2.10. The molecule has 0 bridgehead atoms. The summed E-state index contributed by atoms with van der Waals surface area (Å²) in [5.74, 6) is -1.43. The van der Waals surface area contributed by atoms with Crippen LogP contribution in [0.15, 0.2) is 42.5 Å². The third-order valence-electron chi connectivity index (χ3n) is 4.82. The van der Waals surface area contributed by atoms with Gasteiger partial charge in [0.2, 0.25) is 0 Å². The number of rotatable bonds is 8. The molecule has 2 aromatic carbocycles. The van der Waals surface area contributed by atoms with Crippen LogP contribution in [0.4, 0.5) is 0 Å². The summed E-state index contributed by atoms with van der Waals surface area (Å²) < 4.78 is 5.58. The topological polar surface area (TPSA) is 125 Å². The molecule has 0 radical (unpaired) electrons. The number of benzene rings is 2. The first-order valence-electron chi connectivity index (χ1n) is 9.25. The van der Waals surface area contributed by atoms with E-state index in [2.05, 4.69) is 10.6 Å². The molecule has 152 valence electrons. The van der Waals surface area contributed by atoms with Crippen LogP contribution in [-0.2, 0) is 11.4 Å². The number of phenolic OH excluding ortho intramolecular Hbond substituents is 1. The fourth-order valence-corrected chi connectivity index (χ4v) is 3.25. The molecule has 0 aliphatic carbocycles. The van der Waals surface area contributed by atoms with Gasteiger partial charge in [-0.3, -0.25) is 9.59 Å². The number of carboxylic acid groups (broad SMARTS) is 1. The maximum atomic E-state index is 12.4. The summed E-state index contributed by atoms with van der Waals surface area (Å²) in [6, 6.07) is 9.81. The lowest BCUT2D eigenvalue weighted by molar-refractivity contribution is -0.139. The van der Waals surface area contributed by atoms with Crippen molar-refractivity contribution in [1.82, 2.24) is 10.6 Å². The molecule has 2 atom stereocenters. The van der Waals surface area contributed by atoms with E-state index in [0.29, 0.717) is 18.3 Å². The number of aromatic hydroxyl groups is 1. The third-order valence-corrected chi connectivity index (χ3v) is 4.82. The molecule has 1 saturated heterocycles.